The maximum absolute atomic E-state index is 13.1. The summed E-state index contributed by atoms with van der Waals surface area (Å²) in [6.45, 7) is 2.06. The van der Waals surface area contributed by atoms with Gasteiger partial charge in [0.25, 0.3) is 0 Å². The molecule has 0 fully saturated rings. The first kappa shape index (κ1) is 11.6. The molecule has 0 aromatic heterocycles. The van der Waals surface area contributed by atoms with E-state index in [-0.39, 0.29) is 5.82 Å². The van der Waals surface area contributed by atoms with Crippen molar-refractivity contribution in [2.24, 2.45) is 0 Å². The van der Waals surface area contributed by atoms with Gasteiger partial charge in [-0.25, -0.2) is 4.39 Å². The lowest BCUT2D eigenvalue weighted by Gasteiger charge is -2.09. The molecule has 2 rings (SSSR count). The van der Waals surface area contributed by atoms with Gasteiger partial charge >= 0.3 is 0 Å². The number of aryl methyl sites for hydroxylation is 1. The summed E-state index contributed by atoms with van der Waals surface area (Å²) in [4.78, 5) is 0. The van der Waals surface area contributed by atoms with E-state index < -0.39 is 0 Å². The van der Waals surface area contributed by atoms with Crippen LogP contribution in [0.25, 0.3) is 10.8 Å². The molecule has 0 amide bonds. The van der Waals surface area contributed by atoms with Crippen LogP contribution in [-0.2, 0) is 6.42 Å². The Morgan fingerprint density at radius 1 is 1.31 bits per heavy atom. The zero-order valence-electron chi connectivity index (χ0n) is 8.93. The van der Waals surface area contributed by atoms with Crippen LogP contribution in [0.15, 0.2) is 24.3 Å². The van der Waals surface area contributed by atoms with Crippen molar-refractivity contribution >= 4 is 33.4 Å². The summed E-state index contributed by atoms with van der Waals surface area (Å²) < 4.78 is 13.9. The highest BCUT2D eigenvalue weighted by Gasteiger charge is 2.10. The Hall–Kier alpha value is -0.840. The highest BCUT2D eigenvalue weighted by Crippen LogP contribution is 2.33. The van der Waals surface area contributed by atoms with Gasteiger partial charge in [0.05, 0.1) is 3.57 Å². The second-order valence-electron chi connectivity index (χ2n) is 3.81. The van der Waals surface area contributed by atoms with Crippen LogP contribution in [0.2, 0.25) is 0 Å². The monoisotopic (exact) mass is 330 g/mol. The van der Waals surface area contributed by atoms with Crippen molar-refractivity contribution in [1.29, 1.82) is 0 Å². The Morgan fingerprint density at radius 2 is 2.06 bits per heavy atom. The van der Waals surface area contributed by atoms with Crippen molar-refractivity contribution in [3.8, 4) is 5.75 Å². The molecule has 0 aliphatic carbocycles. The highest BCUT2D eigenvalue weighted by molar-refractivity contribution is 14.1. The van der Waals surface area contributed by atoms with Crippen molar-refractivity contribution in [2.75, 3.05) is 0 Å². The van der Waals surface area contributed by atoms with Gasteiger partial charge in [-0.2, -0.15) is 0 Å². The fourth-order valence-corrected chi connectivity index (χ4v) is 2.67. The summed E-state index contributed by atoms with van der Waals surface area (Å²) in [5.41, 5.74) is 0.894. The summed E-state index contributed by atoms with van der Waals surface area (Å²) in [5, 5.41) is 11.7. The summed E-state index contributed by atoms with van der Waals surface area (Å²) in [6.07, 6.45) is 1.78. The fraction of sp³-hybridized carbons (Fsp3) is 0.231. The van der Waals surface area contributed by atoms with E-state index >= 15 is 0 Å². The van der Waals surface area contributed by atoms with E-state index in [2.05, 4.69) is 29.5 Å². The Balaban J connectivity index is 2.72. The highest BCUT2D eigenvalue weighted by atomic mass is 127. The molecule has 0 aliphatic rings. The molecule has 0 aliphatic heterocycles. The molecular weight excluding hydrogens is 318 g/mol. The van der Waals surface area contributed by atoms with Crippen LogP contribution in [0, 0.1) is 9.39 Å². The lowest BCUT2D eigenvalue weighted by Crippen LogP contribution is -1.90. The number of aromatic hydroxyl groups is 1. The van der Waals surface area contributed by atoms with Gasteiger partial charge in [0.2, 0.25) is 0 Å². The third-order valence-corrected chi connectivity index (χ3v) is 3.70. The first-order valence-electron chi connectivity index (χ1n) is 5.23. The Bertz CT molecular complexity index is 537. The Kier molecular flexibility index (Phi) is 3.33. The minimum absolute atomic E-state index is 0.239. The maximum atomic E-state index is 13.1. The molecule has 0 saturated carbocycles. The molecule has 1 N–H and O–H groups in total. The maximum Gasteiger partial charge on any atom is 0.132 e. The quantitative estimate of drug-likeness (QED) is 0.817. The molecule has 3 heteroatoms. The topological polar surface area (TPSA) is 20.2 Å². The van der Waals surface area contributed by atoms with Crippen molar-refractivity contribution in [3.63, 3.8) is 0 Å². The van der Waals surface area contributed by atoms with Crippen LogP contribution in [0.4, 0.5) is 4.39 Å². The molecule has 2 aromatic rings. The van der Waals surface area contributed by atoms with Gasteiger partial charge in [-0.15, -0.1) is 0 Å². The lowest BCUT2D eigenvalue weighted by atomic mass is 10.0. The first-order valence-corrected chi connectivity index (χ1v) is 6.31. The lowest BCUT2D eigenvalue weighted by molar-refractivity contribution is 0.465. The molecule has 1 nitrogen and oxygen atoms in total. The number of fused-ring (bicyclic) bond motifs is 1. The van der Waals surface area contributed by atoms with Gasteiger partial charge in [-0.3, -0.25) is 0 Å². The SMILES string of the molecule is CCCc1cc2cc(F)ccc2c(I)c1O. The summed E-state index contributed by atoms with van der Waals surface area (Å²) in [7, 11) is 0. The summed E-state index contributed by atoms with van der Waals surface area (Å²) in [5.74, 6) is 0.0954. The van der Waals surface area contributed by atoms with Crippen molar-refractivity contribution in [2.45, 2.75) is 19.8 Å². The molecule has 0 saturated heterocycles. The van der Waals surface area contributed by atoms with E-state index in [4.69, 9.17) is 0 Å². The van der Waals surface area contributed by atoms with Gasteiger partial charge < -0.3 is 5.11 Å². The molecule has 0 atom stereocenters. The Labute approximate surface area is 107 Å². The summed E-state index contributed by atoms with van der Waals surface area (Å²) >= 11 is 2.11. The number of benzene rings is 2. The number of rotatable bonds is 2. The van der Waals surface area contributed by atoms with Gasteiger partial charge in [0.15, 0.2) is 0 Å². The van der Waals surface area contributed by atoms with Crippen molar-refractivity contribution < 1.29 is 9.50 Å². The molecule has 16 heavy (non-hydrogen) atoms. The molecular formula is C13H12FIO. The molecule has 0 spiro atoms. The van der Waals surface area contributed by atoms with E-state index in [0.29, 0.717) is 5.75 Å². The normalized spacial score (nSPS) is 10.9. The molecule has 0 unspecified atom stereocenters. The standard InChI is InChI=1S/C13H12FIO/c1-2-3-8-6-9-7-10(14)4-5-11(9)12(15)13(8)16/h4-7,16H,2-3H2,1H3. The van der Waals surface area contributed by atoms with E-state index in [0.717, 1.165) is 32.7 Å². The van der Waals surface area contributed by atoms with Crippen LogP contribution < -0.4 is 0 Å². The minimum atomic E-state index is -0.239. The molecule has 0 bridgehead atoms. The number of hydrogen-bond donors (Lipinski definition) is 1. The minimum Gasteiger partial charge on any atom is -0.507 e. The predicted molar refractivity (Wildman–Crippen MR) is 72.3 cm³/mol. The van der Waals surface area contributed by atoms with Crippen molar-refractivity contribution in [3.05, 3.63) is 39.2 Å². The predicted octanol–water partition coefficient (Wildman–Crippen LogP) is 4.24. The van der Waals surface area contributed by atoms with Crippen LogP contribution in [0.1, 0.15) is 18.9 Å². The average molecular weight is 330 g/mol. The van der Waals surface area contributed by atoms with E-state index in [1.165, 1.54) is 12.1 Å². The number of hydrogen-bond acceptors (Lipinski definition) is 1. The van der Waals surface area contributed by atoms with Crippen LogP contribution in [-0.4, -0.2) is 5.11 Å². The average Bonchev–Trinajstić information content (AvgIpc) is 2.25. The number of phenolic OH excluding ortho intramolecular Hbond substituents is 1. The zero-order chi connectivity index (χ0) is 11.7. The zero-order valence-corrected chi connectivity index (χ0v) is 11.1. The second kappa shape index (κ2) is 4.57. The molecule has 0 heterocycles. The van der Waals surface area contributed by atoms with Crippen LogP contribution in [0.5, 0.6) is 5.75 Å². The van der Waals surface area contributed by atoms with Gasteiger partial charge in [0, 0.05) is 0 Å². The van der Waals surface area contributed by atoms with Crippen molar-refractivity contribution in [1.82, 2.24) is 0 Å². The molecule has 84 valence electrons. The van der Waals surface area contributed by atoms with Gasteiger partial charge in [0.1, 0.15) is 11.6 Å². The third-order valence-electron chi connectivity index (χ3n) is 2.61. The van der Waals surface area contributed by atoms with Crippen LogP contribution in [0.3, 0.4) is 0 Å². The third kappa shape index (κ3) is 2.00. The summed E-state index contributed by atoms with van der Waals surface area (Å²) in [6, 6.07) is 6.51. The van der Waals surface area contributed by atoms with Gasteiger partial charge in [-0.05, 0) is 63.5 Å². The van der Waals surface area contributed by atoms with Gasteiger partial charge in [-0.1, -0.05) is 19.4 Å². The largest absolute Gasteiger partial charge is 0.507 e. The number of phenols is 1. The second-order valence-corrected chi connectivity index (χ2v) is 4.89. The Morgan fingerprint density at radius 3 is 2.75 bits per heavy atom. The van der Waals surface area contributed by atoms with E-state index in [9.17, 15) is 9.50 Å². The van der Waals surface area contributed by atoms with Crippen LogP contribution >= 0.6 is 22.6 Å². The molecule has 2 aromatic carbocycles. The smallest absolute Gasteiger partial charge is 0.132 e. The first-order chi connectivity index (χ1) is 7.63. The number of halogens is 2. The fourth-order valence-electron chi connectivity index (χ4n) is 1.84. The van der Waals surface area contributed by atoms with E-state index in [1.54, 1.807) is 6.07 Å². The van der Waals surface area contributed by atoms with E-state index in [1.807, 2.05) is 6.07 Å². The molecule has 0 radical (unpaired) electrons.